The van der Waals surface area contributed by atoms with Gasteiger partial charge in [-0.2, -0.15) is 0 Å². The molecule has 2 aromatic rings. The second kappa shape index (κ2) is 6.67. The molecule has 5 heteroatoms. The summed E-state index contributed by atoms with van der Waals surface area (Å²) in [6.07, 6.45) is 1.94. The summed E-state index contributed by atoms with van der Waals surface area (Å²) < 4.78 is 14.4. The highest BCUT2D eigenvalue weighted by atomic mass is 19.1. The van der Waals surface area contributed by atoms with Gasteiger partial charge in [-0.15, -0.1) is 0 Å². The molecule has 1 saturated carbocycles. The lowest BCUT2D eigenvalue weighted by Crippen LogP contribution is -2.54. The van der Waals surface area contributed by atoms with Crippen LogP contribution in [0.25, 0.3) is 11.1 Å². The van der Waals surface area contributed by atoms with Crippen LogP contribution in [-0.4, -0.2) is 22.5 Å². The summed E-state index contributed by atoms with van der Waals surface area (Å²) in [7, 11) is 0. The van der Waals surface area contributed by atoms with Crippen LogP contribution in [-0.2, 0) is 4.79 Å². The van der Waals surface area contributed by atoms with Crippen LogP contribution in [0.15, 0.2) is 42.5 Å². The Bertz CT molecular complexity index is 810. The normalized spacial score (nSPS) is 15.3. The van der Waals surface area contributed by atoms with Gasteiger partial charge in [-0.05, 0) is 49.4 Å². The van der Waals surface area contributed by atoms with Crippen molar-refractivity contribution in [1.82, 2.24) is 5.32 Å². The number of aliphatic carboxylic acids is 1. The third-order valence-corrected chi connectivity index (χ3v) is 4.78. The third-order valence-electron chi connectivity index (χ3n) is 4.78. The molecule has 3 rings (SSSR count). The van der Waals surface area contributed by atoms with Gasteiger partial charge in [0.25, 0.3) is 5.91 Å². The third kappa shape index (κ3) is 3.71. The molecule has 0 aliphatic heterocycles. The van der Waals surface area contributed by atoms with E-state index in [1.165, 1.54) is 12.1 Å². The highest BCUT2D eigenvalue weighted by Crippen LogP contribution is 2.35. The number of nitrogens with one attached hydrogen (secondary N) is 1. The van der Waals surface area contributed by atoms with E-state index in [0.717, 1.165) is 17.5 Å². The van der Waals surface area contributed by atoms with Crippen molar-refractivity contribution < 1.29 is 19.1 Å². The molecule has 1 aliphatic rings. The molecule has 0 aromatic heterocycles. The number of carboxylic acid groups (broad SMARTS) is 1. The van der Waals surface area contributed by atoms with E-state index >= 15 is 0 Å². The number of benzene rings is 2. The van der Waals surface area contributed by atoms with E-state index in [-0.39, 0.29) is 12.0 Å². The summed E-state index contributed by atoms with van der Waals surface area (Å²) in [5, 5.41) is 11.7. The van der Waals surface area contributed by atoms with E-state index in [0.29, 0.717) is 18.4 Å². The number of carbonyl (C=O) groups excluding carboxylic acids is 1. The minimum absolute atomic E-state index is 0.0625. The molecule has 2 N–H and O–H groups in total. The van der Waals surface area contributed by atoms with E-state index in [1.54, 1.807) is 6.07 Å². The van der Waals surface area contributed by atoms with Gasteiger partial charge in [0.2, 0.25) is 0 Å². The molecule has 0 saturated heterocycles. The minimum atomic E-state index is -0.963. The van der Waals surface area contributed by atoms with Crippen molar-refractivity contribution in [1.29, 1.82) is 0 Å². The smallest absolute Gasteiger partial charge is 0.305 e. The zero-order valence-corrected chi connectivity index (χ0v) is 14.0. The summed E-state index contributed by atoms with van der Waals surface area (Å²) in [6, 6.07) is 12.2. The fourth-order valence-electron chi connectivity index (χ4n) is 3.17. The van der Waals surface area contributed by atoms with Crippen LogP contribution in [0.3, 0.4) is 0 Å². The molecule has 0 heterocycles. The fourth-order valence-corrected chi connectivity index (χ4v) is 3.17. The molecule has 4 nitrogen and oxygen atoms in total. The number of halogens is 1. The van der Waals surface area contributed by atoms with E-state index in [9.17, 15) is 14.0 Å². The van der Waals surface area contributed by atoms with Gasteiger partial charge in [-0.1, -0.05) is 35.9 Å². The van der Waals surface area contributed by atoms with Crippen LogP contribution in [0.1, 0.15) is 41.6 Å². The molecular weight excluding hydrogens is 321 g/mol. The van der Waals surface area contributed by atoms with Gasteiger partial charge in [0.15, 0.2) is 0 Å². The number of amides is 1. The Labute approximate surface area is 145 Å². The summed E-state index contributed by atoms with van der Waals surface area (Å²) in [4.78, 5) is 23.4. The van der Waals surface area contributed by atoms with Gasteiger partial charge in [-0.3, -0.25) is 9.59 Å². The number of aryl methyl sites for hydroxylation is 1. The topological polar surface area (TPSA) is 66.4 Å². The maximum Gasteiger partial charge on any atom is 0.305 e. The second-order valence-corrected chi connectivity index (χ2v) is 6.72. The summed E-state index contributed by atoms with van der Waals surface area (Å²) >= 11 is 0. The Kier molecular flexibility index (Phi) is 4.57. The number of hydrogen-bond donors (Lipinski definition) is 2. The molecule has 0 unspecified atom stereocenters. The summed E-state index contributed by atoms with van der Waals surface area (Å²) in [6.45, 7) is 1.98. The SMILES string of the molecule is Cc1ccc(-c2ccc(C(=O)NC3(CC(=O)O)CCC3)c(F)c2)cc1. The van der Waals surface area contributed by atoms with Gasteiger partial charge < -0.3 is 10.4 Å². The van der Waals surface area contributed by atoms with Crippen molar-refractivity contribution in [3.05, 3.63) is 59.4 Å². The maximum absolute atomic E-state index is 14.4. The van der Waals surface area contributed by atoms with Crippen LogP contribution in [0.4, 0.5) is 4.39 Å². The number of carboxylic acids is 1. The predicted octanol–water partition coefficient (Wildman–Crippen LogP) is 3.93. The Morgan fingerprint density at radius 1 is 1.12 bits per heavy atom. The van der Waals surface area contributed by atoms with Crippen LogP contribution in [0, 0.1) is 12.7 Å². The zero-order chi connectivity index (χ0) is 18.0. The standard InChI is InChI=1S/C20H20FNO3/c1-13-3-5-14(6-4-13)15-7-8-16(17(21)11-15)19(25)22-20(9-2-10-20)12-18(23)24/h3-8,11H,2,9-10,12H2,1H3,(H,22,25)(H,23,24). The monoisotopic (exact) mass is 341 g/mol. The Hall–Kier alpha value is -2.69. The molecular formula is C20H20FNO3. The molecule has 1 fully saturated rings. The van der Waals surface area contributed by atoms with Crippen molar-refractivity contribution >= 4 is 11.9 Å². The van der Waals surface area contributed by atoms with Gasteiger partial charge in [-0.25, -0.2) is 4.39 Å². The molecule has 0 atom stereocenters. The van der Waals surface area contributed by atoms with Crippen molar-refractivity contribution in [3.63, 3.8) is 0 Å². The molecule has 0 spiro atoms. The molecule has 1 aliphatic carbocycles. The Morgan fingerprint density at radius 2 is 1.76 bits per heavy atom. The first-order chi connectivity index (χ1) is 11.9. The quantitative estimate of drug-likeness (QED) is 0.866. The Morgan fingerprint density at radius 3 is 2.28 bits per heavy atom. The van der Waals surface area contributed by atoms with E-state index in [1.807, 2.05) is 31.2 Å². The number of rotatable bonds is 5. The van der Waals surface area contributed by atoms with Crippen LogP contribution >= 0.6 is 0 Å². The highest BCUT2D eigenvalue weighted by molar-refractivity contribution is 5.96. The second-order valence-electron chi connectivity index (χ2n) is 6.72. The van der Waals surface area contributed by atoms with Crippen LogP contribution < -0.4 is 5.32 Å². The molecule has 0 bridgehead atoms. The molecule has 2 aromatic carbocycles. The van der Waals surface area contributed by atoms with Gasteiger partial charge in [0.1, 0.15) is 5.82 Å². The Balaban J connectivity index is 1.79. The first-order valence-electron chi connectivity index (χ1n) is 8.29. The molecule has 25 heavy (non-hydrogen) atoms. The van der Waals surface area contributed by atoms with Crippen molar-refractivity contribution in [2.24, 2.45) is 0 Å². The maximum atomic E-state index is 14.4. The lowest BCUT2D eigenvalue weighted by molar-refractivity contribution is -0.139. The fraction of sp³-hybridized carbons (Fsp3) is 0.300. The molecule has 1 amide bonds. The van der Waals surface area contributed by atoms with Crippen molar-refractivity contribution in [3.8, 4) is 11.1 Å². The van der Waals surface area contributed by atoms with E-state index < -0.39 is 23.2 Å². The molecule has 130 valence electrons. The van der Waals surface area contributed by atoms with E-state index in [2.05, 4.69) is 5.32 Å². The van der Waals surface area contributed by atoms with Crippen molar-refractivity contribution in [2.45, 2.75) is 38.1 Å². The lowest BCUT2D eigenvalue weighted by Gasteiger charge is -2.41. The van der Waals surface area contributed by atoms with Crippen LogP contribution in [0.2, 0.25) is 0 Å². The van der Waals surface area contributed by atoms with Gasteiger partial charge in [0.05, 0.1) is 17.5 Å². The minimum Gasteiger partial charge on any atom is -0.481 e. The first-order valence-corrected chi connectivity index (χ1v) is 8.29. The zero-order valence-electron chi connectivity index (χ0n) is 14.0. The highest BCUT2D eigenvalue weighted by Gasteiger charge is 2.40. The average Bonchev–Trinajstić information content (AvgIpc) is 2.52. The number of hydrogen-bond acceptors (Lipinski definition) is 2. The van der Waals surface area contributed by atoms with Gasteiger partial charge >= 0.3 is 5.97 Å². The summed E-state index contributed by atoms with van der Waals surface area (Å²) in [5.74, 6) is -2.13. The molecule has 0 radical (unpaired) electrons. The van der Waals surface area contributed by atoms with E-state index in [4.69, 9.17) is 5.11 Å². The average molecular weight is 341 g/mol. The lowest BCUT2D eigenvalue weighted by atomic mass is 9.74. The van der Waals surface area contributed by atoms with Gasteiger partial charge in [0, 0.05) is 0 Å². The largest absolute Gasteiger partial charge is 0.481 e. The van der Waals surface area contributed by atoms with Crippen LogP contribution in [0.5, 0.6) is 0 Å². The predicted molar refractivity (Wildman–Crippen MR) is 92.9 cm³/mol. The first kappa shape index (κ1) is 17.1. The van der Waals surface area contributed by atoms with Crippen molar-refractivity contribution in [2.75, 3.05) is 0 Å². The number of carbonyl (C=O) groups is 2. The summed E-state index contributed by atoms with van der Waals surface area (Å²) in [5.41, 5.74) is 1.87.